The van der Waals surface area contributed by atoms with Crippen LogP contribution >= 0.6 is 0 Å². The number of likely N-dealkylation sites (tertiary alicyclic amines) is 1. The number of ether oxygens (including phenoxy) is 2. The van der Waals surface area contributed by atoms with E-state index in [9.17, 15) is 9.18 Å². The Morgan fingerprint density at radius 1 is 1.36 bits per heavy atom. The number of H-pyrrole nitrogens is 1. The van der Waals surface area contributed by atoms with Gasteiger partial charge >= 0.3 is 5.97 Å². The summed E-state index contributed by atoms with van der Waals surface area (Å²) < 4.78 is 24.9. The van der Waals surface area contributed by atoms with Crippen LogP contribution in [-0.4, -0.2) is 58.3 Å². The van der Waals surface area contributed by atoms with Crippen LogP contribution in [0.5, 0.6) is 0 Å². The second kappa shape index (κ2) is 8.04. The third kappa shape index (κ3) is 4.02. The number of aromatic nitrogens is 3. The molecule has 1 aromatic carbocycles. The minimum Gasteiger partial charge on any atom is -0.465 e. The number of benzene rings is 1. The number of carbonyl (C=O) groups is 1. The molecule has 0 bridgehead atoms. The molecule has 0 saturated carbocycles. The van der Waals surface area contributed by atoms with E-state index in [4.69, 9.17) is 9.47 Å². The zero-order chi connectivity index (χ0) is 19.5. The highest BCUT2D eigenvalue weighted by Gasteiger charge is 2.33. The fourth-order valence-electron chi connectivity index (χ4n) is 3.41. The summed E-state index contributed by atoms with van der Waals surface area (Å²) in [6, 6.07) is 8.93. The summed E-state index contributed by atoms with van der Waals surface area (Å²) >= 11 is 0. The number of nitrogens with zero attached hydrogens (tertiary/aromatic N) is 3. The molecular weight excluding hydrogens is 363 g/mol. The van der Waals surface area contributed by atoms with Crippen molar-refractivity contribution in [1.82, 2.24) is 19.9 Å². The third-order valence-electron chi connectivity index (χ3n) is 4.79. The minimum atomic E-state index is -1.05. The van der Waals surface area contributed by atoms with Gasteiger partial charge in [-0.25, -0.2) is 14.2 Å². The Hall–Kier alpha value is -2.84. The first-order valence-electron chi connectivity index (χ1n) is 9.06. The smallest absolute Gasteiger partial charge is 0.337 e. The lowest BCUT2D eigenvalue weighted by Gasteiger charge is -2.15. The molecule has 3 heterocycles. The van der Waals surface area contributed by atoms with Crippen LogP contribution < -0.4 is 0 Å². The summed E-state index contributed by atoms with van der Waals surface area (Å²) in [5.41, 5.74) is 2.92. The molecule has 146 valence electrons. The zero-order valence-electron chi connectivity index (χ0n) is 15.5. The van der Waals surface area contributed by atoms with Crippen LogP contribution in [0.1, 0.15) is 21.7 Å². The molecule has 7 nitrogen and oxygen atoms in total. The molecule has 0 spiro atoms. The van der Waals surface area contributed by atoms with Crippen LogP contribution in [0.4, 0.5) is 4.39 Å². The van der Waals surface area contributed by atoms with Gasteiger partial charge in [0.05, 0.1) is 23.7 Å². The van der Waals surface area contributed by atoms with Gasteiger partial charge in [0, 0.05) is 32.0 Å². The molecule has 0 unspecified atom stereocenters. The van der Waals surface area contributed by atoms with E-state index < -0.39 is 18.2 Å². The van der Waals surface area contributed by atoms with E-state index in [1.807, 2.05) is 17.0 Å². The van der Waals surface area contributed by atoms with Crippen molar-refractivity contribution in [3.05, 3.63) is 59.7 Å². The second-order valence-electron chi connectivity index (χ2n) is 6.83. The zero-order valence-corrected chi connectivity index (χ0v) is 15.5. The summed E-state index contributed by atoms with van der Waals surface area (Å²) in [6.45, 7) is 1.67. The number of rotatable bonds is 6. The molecule has 1 fully saturated rings. The van der Waals surface area contributed by atoms with Gasteiger partial charge in [0.1, 0.15) is 24.7 Å². The Morgan fingerprint density at radius 3 is 3.04 bits per heavy atom. The van der Waals surface area contributed by atoms with Crippen LogP contribution in [0.3, 0.4) is 0 Å². The van der Waals surface area contributed by atoms with Crippen molar-refractivity contribution < 1.29 is 18.7 Å². The highest BCUT2D eigenvalue weighted by atomic mass is 19.1. The SMILES string of the molecule is COC(=O)c1ccc2nc(CO[C@H]3CN(Cc4cccnc4)C[C@H]3F)[nH]c2c1. The third-order valence-corrected chi connectivity index (χ3v) is 4.79. The summed E-state index contributed by atoms with van der Waals surface area (Å²) in [5.74, 6) is 0.184. The number of pyridine rings is 1. The topological polar surface area (TPSA) is 80.3 Å². The number of carbonyl (C=O) groups excluding carboxylic acids is 1. The Morgan fingerprint density at radius 2 is 2.25 bits per heavy atom. The predicted molar refractivity (Wildman–Crippen MR) is 100 cm³/mol. The lowest BCUT2D eigenvalue weighted by atomic mass is 10.2. The highest BCUT2D eigenvalue weighted by Crippen LogP contribution is 2.21. The van der Waals surface area contributed by atoms with Gasteiger partial charge in [-0.05, 0) is 29.8 Å². The van der Waals surface area contributed by atoms with Crippen molar-refractivity contribution >= 4 is 17.0 Å². The van der Waals surface area contributed by atoms with Crippen LogP contribution in [0.25, 0.3) is 11.0 Å². The van der Waals surface area contributed by atoms with Gasteiger partial charge in [-0.15, -0.1) is 0 Å². The predicted octanol–water partition coefficient (Wildman–Crippen LogP) is 2.48. The number of fused-ring (bicyclic) bond motifs is 1. The molecule has 2 aromatic heterocycles. The Bertz CT molecular complexity index is 962. The van der Waals surface area contributed by atoms with Crippen LogP contribution in [0.15, 0.2) is 42.7 Å². The summed E-state index contributed by atoms with van der Waals surface area (Å²) in [4.78, 5) is 25.3. The molecule has 2 atom stereocenters. The van der Waals surface area contributed by atoms with Crippen molar-refractivity contribution in [2.45, 2.75) is 25.4 Å². The summed E-state index contributed by atoms with van der Waals surface area (Å²) in [5, 5.41) is 0. The minimum absolute atomic E-state index is 0.175. The van der Waals surface area contributed by atoms with Crippen molar-refractivity contribution in [3.63, 3.8) is 0 Å². The lowest BCUT2D eigenvalue weighted by Crippen LogP contribution is -2.24. The molecule has 28 heavy (non-hydrogen) atoms. The van der Waals surface area contributed by atoms with Crippen LogP contribution in [0, 0.1) is 0 Å². The number of imidazole rings is 1. The molecule has 1 aliphatic rings. The van der Waals surface area contributed by atoms with E-state index in [1.54, 1.807) is 30.6 Å². The number of halogens is 1. The fraction of sp³-hybridized carbons (Fsp3) is 0.350. The molecule has 3 aromatic rings. The molecule has 4 rings (SSSR count). The lowest BCUT2D eigenvalue weighted by molar-refractivity contribution is 0.00863. The van der Waals surface area contributed by atoms with Crippen LogP contribution in [-0.2, 0) is 22.6 Å². The molecule has 8 heteroatoms. The van der Waals surface area contributed by atoms with Gasteiger partial charge in [0.2, 0.25) is 0 Å². The number of aromatic amines is 1. The quantitative estimate of drug-likeness (QED) is 0.658. The van der Waals surface area contributed by atoms with Gasteiger partial charge in [-0.1, -0.05) is 6.07 Å². The number of hydrogen-bond donors (Lipinski definition) is 1. The molecule has 1 N–H and O–H groups in total. The maximum absolute atomic E-state index is 14.4. The van der Waals surface area contributed by atoms with Gasteiger partial charge in [-0.2, -0.15) is 0 Å². The first-order chi connectivity index (χ1) is 13.6. The monoisotopic (exact) mass is 384 g/mol. The molecule has 0 amide bonds. The van der Waals surface area contributed by atoms with E-state index >= 15 is 0 Å². The molecule has 0 aliphatic carbocycles. The van der Waals surface area contributed by atoms with Crippen molar-refractivity contribution in [3.8, 4) is 0 Å². The van der Waals surface area contributed by atoms with E-state index in [0.29, 0.717) is 42.1 Å². The number of nitrogens with one attached hydrogen (secondary N) is 1. The van der Waals surface area contributed by atoms with Crippen LogP contribution in [0.2, 0.25) is 0 Å². The number of methoxy groups -OCH3 is 1. The Labute approximate surface area is 161 Å². The second-order valence-corrected chi connectivity index (χ2v) is 6.83. The number of esters is 1. The van der Waals surface area contributed by atoms with Crippen molar-refractivity contribution in [2.24, 2.45) is 0 Å². The highest BCUT2D eigenvalue weighted by molar-refractivity contribution is 5.93. The fourth-order valence-corrected chi connectivity index (χ4v) is 3.41. The largest absolute Gasteiger partial charge is 0.465 e. The standard InChI is InChI=1S/C20H21FN4O3/c1-27-20(26)14-4-5-16-17(7-14)24-19(23-16)12-28-18-11-25(10-15(18)21)9-13-3-2-6-22-8-13/h2-8,15,18H,9-12H2,1H3,(H,23,24)/t15-,18+/m1/s1. The molecule has 1 aliphatic heterocycles. The Kier molecular flexibility index (Phi) is 5.31. The van der Waals surface area contributed by atoms with Gasteiger partial charge in [0.25, 0.3) is 0 Å². The van der Waals surface area contributed by atoms with Crippen molar-refractivity contribution in [2.75, 3.05) is 20.2 Å². The number of hydrogen-bond acceptors (Lipinski definition) is 6. The summed E-state index contributed by atoms with van der Waals surface area (Å²) in [6.07, 6.45) is 1.96. The van der Waals surface area contributed by atoms with E-state index in [-0.39, 0.29) is 6.61 Å². The normalized spacial score (nSPS) is 19.9. The van der Waals surface area contributed by atoms with E-state index in [2.05, 4.69) is 15.0 Å². The molecule has 0 radical (unpaired) electrons. The maximum Gasteiger partial charge on any atom is 0.337 e. The molecular formula is C20H21FN4O3. The average molecular weight is 384 g/mol. The average Bonchev–Trinajstić information content (AvgIpc) is 3.28. The first kappa shape index (κ1) is 18.5. The van der Waals surface area contributed by atoms with Gasteiger partial charge in [0.15, 0.2) is 0 Å². The van der Waals surface area contributed by atoms with Crippen molar-refractivity contribution in [1.29, 1.82) is 0 Å². The first-order valence-corrected chi connectivity index (χ1v) is 9.06. The summed E-state index contributed by atoms with van der Waals surface area (Å²) in [7, 11) is 1.34. The number of alkyl halides is 1. The van der Waals surface area contributed by atoms with E-state index in [1.165, 1.54) is 7.11 Å². The van der Waals surface area contributed by atoms with Gasteiger partial charge in [-0.3, -0.25) is 9.88 Å². The van der Waals surface area contributed by atoms with E-state index in [0.717, 1.165) is 5.56 Å². The maximum atomic E-state index is 14.4. The van der Waals surface area contributed by atoms with Gasteiger partial charge < -0.3 is 14.5 Å². The Balaban J connectivity index is 1.36. The molecule has 1 saturated heterocycles.